The Bertz CT molecular complexity index is 1190. The van der Waals surface area contributed by atoms with Crippen molar-refractivity contribution in [3.63, 3.8) is 0 Å². The Hall–Kier alpha value is -4.19. The molecule has 0 aromatic heterocycles. The van der Waals surface area contributed by atoms with Crippen molar-refractivity contribution in [2.45, 2.75) is 6.42 Å². The molecule has 0 saturated heterocycles. The summed E-state index contributed by atoms with van der Waals surface area (Å²) in [5.74, 6) is 2.86. The van der Waals surface area contributed by atoms with Gasteiger partial charge in [0.2, 0.25) is 5.75 Å². The van der Waals surface area contributed by atoms with Gasteiger partial charge in [0, 0.05) is 11.1 Å². The number of methoxy groups -OCH3 is 5. The summed E-state index contributed by atoms with van der Waals surface area (Å²) in [6, 6.07) is 16.7. The van der Waals surface area contributed by atoms with E-state index in [9.17, 15) is 4.79 Å². The third-order valence-electron chi connectivity index (χ3n) is 5.48. The molecule has 0 bridgehead atoms. The van der Waals surface area contributed by atoms with Gasteiger partial charge in [-0.1, -0.05) is 54.6 Å². The number of benzene rings is 3. The van der Waals surface area contributed by atoms with Crippen LogP contribution in [-0.2, 0) is 6.42 Å². The SMILES string of the molecule is COc1cc(/C=C\c2ccc(OC)c(OC)c2C/C=C\C(=O)c2ccccc2)cc(OC)c1OC. The van der Waals surface area contributed by atoms with Crippen LogP contribution in [0.15, 0.2) is 66.7 Å². The molecule has 6 heteroatoms. The molecule has 0 spiro atoms. The maximum Gasteiger partial charge on any atom is 0.203 e. The van der Waals surface area contributed by atoms with Crippen LogP contribution in [0, 0.1) is 0 Å². The molecule has 6 nitrogen and oxygen atoms in total. The molecule has 0 atom stereocenters. The van der Waals surface area contributed by atoms with Crippen molar-refractivity contribution in [3.8, 4) is 28.7 Å². The van der Waals surface area contributed by atoms with Crippen LogP contribution in [0.2, 0.25) is 0 Å². The maximum atomic E-state index is 12.5. The predicted octanol–water partition coefficient (Wildman–Crippen LogP) is 5.88. The lowest BCUT2D eigenvalue weighted by molar-refractivity contribution is 0.104. The van der Waals surface area contributed by atoms with E-state index in [1.165, 1.54) is 0 Å². The van der Waals surface area contributed by atoms with Crippen LogP contribution in [0.5, 0.6) is 28.7 Å². The Morgan fingerprint density at radius 1 is 0.714 bits per heavy atom. The van der Waals surface area contributed by atoms with Crippen LogP contribution in [-0.4, -0.2) is 41.3 Å². The van der Waals surface area contributed by atoms with Gasteiger partial charge in [0.25, 0.3) is 0 Å². The highest BCUT2D eigenvalue weighted by atomic mass is 16.5. The number of hydrogen-bond acceptors (Lipinski definition) is 6. The van der Waals surface area contributed by atoms with Crippen LogP contribution >= 0.6 is 0 Å². The largest absolute Gasteiger partial charge is 0.493 e. The minimum absolute atomic E-state index is 0.0537. The van der Waals surface area contributed by atoms with E-state index in [0.29, 0.717) is 40.7 Å². The molecule has 182 valence electrons. The van der Waals surface area contributed by atoms with E-state index in [2.05, 4.69) is 0 Å². The normalized spacial score (nSPS) is 11.0. The van der Waals surface area contributed by atoms with Crippen molar-refractivity contribution in [2.24, 2.45) is 0 Å². The number of hydrogen-bond donors (Lipinski definition) is 0. The molecule has 0 saturated carbocycles. The highest BCUT2D eigenvalue weighted by molar-refractivity contribution is 6.04. The van der Waals surface area contributed by atoms with Crippen LogP contribution in [0.1, 0.15) is 27.0 Å². The molecule has 3 aromatic rings. The number of ketones is 1. The minimum atomic E-state index is -0.0537. The van der Waals surface area contributed by atoms with E-state index in [0.717, 1.165) is 16.7 Å². The average Bonchev–Trinajstić information content (AvgIpc) is 2.91. The Balaban J connectivity index is 1.96. The van der Waals surface area contributed by atoms with Gasteiger partial charge in [-0.2, -0.15) is 0 Å². The summed E-state index contributed by atoms with van der Waals surface area (Å²) >= 11 is 0. The quantitative estimate of drug-likeness (QED) is 0.196. The first-order chi connectivity index (χ1) is 17.1. The zero-order valence-electron chi connectivity index (χ0n) is 20.7. The van der Waals surface area contributed by atoms with E-state index in [4.69, 9.17) is 23.7 Å². The number of ether oxygens (including phenoxy) is 5. The molecule has 0 amide bonds. The summed E-state index contributed by atoms with van der Waals surface area (Å²) in [6.07, 6.45) is 7.83. The maximum absolute atomic E-state index is 12.5. The molecule has 35 heavy (non-hydrogen) atoms. The van der Waals surface area contributed by atoms with Crippen LogP contribution in [0.4, 0.5) is 0 Å². The van der Waals surface area contributed by atoms with Crippen molar-refractivity contribution < 1.29 is 28.5 Å². The lowest BCUT2D eigenvalue weighted by Crippen LogP contribution is -1.99. The number of allylic oxidation sites excluding steroid dienone is 2. The molecule has 0 heterocycles. The van der Waals surface area contributed by atoms with E-state index in [1.807, 2.05) is 60.7 Å². The standard InChI is InChI=1S/C29H30O6/c1-31-25-17-16-21(15-14-20-18-26(32-2)29(35-5)27(19-20)33-3)23(28(25)34-4)12-9-13-24(30)22-10-7-6-8-11-22/h6-11,13-19H,12H2,1-5H3/b13-9-,15-14-. The average molecular weight is 475 g/mol. The molecule has 0 N–H and O–H groups in total. The van der Waals surface area contributed by atoms with E-state index < -0.39 is 0 Å². The Morgan fingerprint density at radius 3 is 1.91 bits per heavy atom. The first-order valence-corrected chi connectivity index (χ1v) is 11.0. The van der Waals surface area contributed by atoms with Crippen LogP contribution in [0.25, 0.3) is 12.2 Å². The van der Waals surface area contributed by atoms with Crippen molar-refractivity contribution in [3.05, 3.63) is 89.0 Å². The van der Waals surface area contributed by atoms with Crippen molar-refractivity contribution in [1.82, 2.24) is 0 Å². The number of carbonyl (C=O) groups excluding carboxylic acids is 1. The first kappa shape index (κ1) is 25.4. The van der Waals surface area contributed by atoms with Gasteiger partial charge >= 0.3 is 0 Å². The topological polar surface area (TPSA) is 63.2 Å². The van der Waals surface area contributed by atoms with Crippen LogP contribution < -0.4 is 23.7 Å². The smallest absolute Gasteiger partial charge is 0.203 e. The summed E-state index contributed by atoms with van der Waals surface area (Å²) in [6.45, 7) is 0. The molecule has 0 aliphatic carbocycles. The van der Waals surface area contributed by atoms with Gasteiger partial charge < -0.3 is 23.7 Å². The Morgan fingerprint density at radius 2 is 1.34 bits per heavy atom. The lowest BCUT2D eigenvalue weighted by Gasteiger charge is -2.15. The minimum Gasteiger partial charge on any atom is -0.493 e. The van der Waals surface area contributed by atoms with Gasteiger partial charge in [-0.05, 0) is 41.8 Å². The lowest BCUT2D eigenvalue weighted by atomic mass is 10.00. The highest BCUT2D eigenvalue weighted by Gasteiger charge is 2.14. The summed E-state index contributed by atoms with van der Waals surface area (Å²) in [5.41, 5.74) is 3.33. The van der Waals surface area contributed by atoms with Gasteiger partial charge in [0.05, 0.1) is 35.5 Å². The second kappa shape index (κ2) is 12.3. The highest BCUT2D eigenvalue weighted by Crippen LogP contribution is 2.39. The number of carbonyl (C=O) groups is 1. The second-order valence-electron chi connectivity index (χ2n) is 7.50. The predicted molar refractivity (Wildman–Crippen MR) is 138 cm³/mol. The molecule has 0 fully saturated rings. The summed E-state index contributed by atoms with van der Waals surface area (Å²) in [4.78, 5) is 12.5. The molecular formula is C29H30O6. The summed E-state index contributed by atoms with van der Waals surface area (Å²) in [5, 5.41) is 0. The molecular weight excluding hydrogens is 444 g/mol. The zero-order valence-corrected chi connectivity index (χ0v) is 20.7. The molecule has 0 unspecified atom stereocenters. The van der Waals surface area contributed by atoms with Gasteiger partial charge in [-0.15, -0.1) is 0 Å². The molecule has 3 aromatic carbocycles. The zero-order chi connectivity index (χ0) is 25.2. The third kappa shape index (κ3) is 6.03. The van der Waals surface area contributed by atoms with Crippen molar-refractivity contribution in [2.75, 3.05) is 35.5 Å². The Labute approximate surface area is 206 Å². The number of rotatable bonds is 11. The fraction of sp³-hybridized carbons (Fsp3) is 0.207. The summed E-state index contributed by atoms with van der Waals surface area (Å²) < 4.78 is 27.5. The van der Waals surface area contributed by atoms with E-state index in [-0.39, 0.29) is 5.78 Å². The fourth-order valence-corrected chi connectivity index (χ4v) is 3.74. The Kier molecular flexibility index (Phi) is 8.95. The van der Waals surface area contributed by atoms with Gasteiger partial charge in [-0.3, -0.25) is 4.79 Å². The van der Waals surface area contributed by atoms with E-state index >= 15 is 0 Å². The second-order valence-corrected chi connectivity index (χ2v) is 7.50. The molecule has 3 rings (SSSR count). The fourth-order valence-electron chi connectivity index (χ4n) is 3.74. The van der Waals surface area contributed by atoms with Gasteiger partial charge in [0.15, 0.2) is 28.8 Å². The monoisotopic (exact) mass is 474 g/mol. The third-order valence-corrected chi connectivity index (χ3v) is 5.48. The molecule has 0 aliphatic rings. The van der Waals surface area contributed by atoms with Crippen molar-refractivity contribution >= 4 is 17.9 Å². The van der Waals surface area contributed by atoms with Gasteiger partial charge in [0.1, 0.15) is 0 Å². The van der Waals surface area contributed by atoms with Crippen molar-refractivity contribution in [1.29, 1.82) is 0 Å². The first-order valence-electron chi connectivity index (χ1n) is 11.0. The summed E-state index contributed by atoms with van der Waals surface area (Å²) in [7, 11) is 7.94. The van der Waals surface area contributed by atoms with Crippen LogP contribution in [0.3, 0.4) is 0 Å². The van der Waals surface area contributed by atoms with Gasteiger partial charge in [-0.25, -0.2) is 0 Å². The molecule has 0 radical (unpaired) electrons. The molecule has 0 aliphatic heterocycles. The van der Waals surface area contributed by atoms with E-state index in [1.54, 1.807) is 53.8 Å².